The Morgan fingerprint density at radius 1 is 0.977 bits per heavy atom. The highest BCUT2D eigenvalue weighted by molar-refractivity contribution is 6.00. The van der Waals surface area contributed by atoms with E-state index in [1.807, 2.05) is 6.92 Å². The zero-order valence-electron chi connectivity index (χ0n) is 28.3. The Morgan fingerprint density at radius 2 is 1.67 bits per heavy atom. The molecule has 0 spiro atoms. The molecule has 4 heteroatoms. The summed E-state index contributed by atoms with van der Waals surface area (Å²) in [4.78, 5) is 0. The van der Waals surface area contributed by atoms with Crippen LogP contribution in [-0.2, 0) is 31.3 Å². The van der Waals surface area contributed by atoms with E-state index in [4.69, 9.17) is 9.47 Å². The number of nitrogens with zero attached hydrogens (tertiary/aromatic N) is 2. The average Bonchev–Trinajstić information content (AvgIpc) is 3.39. The summed E-state index contributed by atoms with van der Waals surface area (Å²) >= 11 is 0. The molecule has 43 heavy (non-hydrogen) atoms. The second kappa shape index (κ2) is 8.87. The molecule has 228 valence electrons. The van der Waals surface area contributed by atoms with Gasteiger partial charge in [-0.05, 0) is 95.7 Å². The normalized spacial score (nSPS) is 28.4. The van der Waals surface area contributed by atoms with Gasteiger partial charge in [0.2, 0.25) is 0 Å². The van der Waals surface area contributed by atoms with Gasteiger partial charge in [0.25, 0.3) is 5.65 Å². The molecule has 0 amide bonds. The molecule has 0 N–H and O–H groups in total. The van der Waals surface area contributed by atoms with E-state index in [-0.39, 0.29) is 33.3 Å². The van der Waals surface area contributed by atoms with Crippen molar-refractivity contribution in [2.75, 3.05) is 13.7 Å². The number of aromatic nitrogens is 2. The van der Waals surface area contributed by atoms with Crippen LogP contribution in [0.15, 0.2) is 54.4 Å². The Labute approximate surface area is 258 Å². The zero-order valence-corrected chi connectivity index (χ0v) is 28.3. The Bertz CT molecular complexity index is 1840. The minimum absolute atomic E-state index is 0.0181. The van der Waals surface area contributed by atoms with Gasteiger partial charge < -0.3 is 9.47 Å². The van der Waals surface area contributed by atoms with Crippen LogP contribution in [0, 0.1) is 11.3 Å². The van der Waals surface area contributed by atoms with E-state index >= 15 is 0 Å². The molecule has 2 aliphatic carbocycles. The van der Waals surface area contributed by atoms with Crippen LogP contribution in [0.3, 0.4) is 0 Å². The molecule has 3 heterocycles. The monoisotopic (exact) mass is 579 g/mol. The maximum atomic E-state index is 6.41. The third kappa shape index (κ3) is 3.14. The molecule has 0 saturated heterocycles. The number of hydrogen-bond acceptors (Lipinski definition) is 2. The first-order chi connectivity index (χ1) is 20.3. The molecule has 7 rings (SSSR count). The molecule has 4 nitrogen and oxygen atoms in total. The number of pyridine rings is 1. The first kappa shape index (κ1) is 28.9. The number of ether oxygens (including phenoxy) is 2. The third-order valence-electron chi connectivity index (χ3n) is 13.7. The molecular formula is C39H51N2O2+. The largest absolute Gasteiger partial charge is 0.502 e. The van der Waals surface area contributed by atoms with E-state index in [1.54, 1.807) is 12.7 Å². The maximum Gasteiger partial charge on any atom is 0.295 e. The van der Waals surface area contributed by atoms with Gasteiger partial charge in [0.15, 0.2) is 11.0 Å². The number of benzene rings is 2. The Kier molecular flexibility index (Phi) is 5.96. The Balaban J connectivity index is 1.48. The third-order valence-corrected chi connectivity index (χ3v) is 13.7. The van der Waals surface area contributed by atoms with Crippen molar-refractivity contribution in [2.45, 2.75) is 116 Å². The molecule has 1 aliphatic heterocycles. The average molecular weight is 580 g/mol. The molecule has 3 aliphatic rings. The zero-order chi connectivity index (χ0) is 30.9. The summed E-state index contributed by atoms with van der Waals surface area (Å²) in [7, 11) is 1.72. The Morgan fingerprint density at radius 3 is 2.33 bits per heavy atom. The molecular weight excluding hydrogens is 528 g/mol. The SMILES string of the molecule is CCC12c3cccc4ccn5c6cc7c(cc6[n+](c5c34)C1(CC)C2CCOC(C)C=C(C)OC)C(C)(C)C(C)(C)C7(C)C. The Hall–Kier alpha value is -2.85. The van der Waals surface area contributed by atoms with Gasteiger partial charge in [-0.2, -0.15) is 4.40 Å². The summed E-state index contributed by atoms with van der Waals surface area (Å²) in [6.07, 6.45) is 7.71. The van der Waals surface area contributed by atoms with Crippen molar-refractivity contribution in [2.24, 2.45) is 11.3 Å². The van der Waals surface area contributed by atoms with Crippen molar-refractivity contribution in [1.29, 1.82) is 0 Å². The van der Waals surface area contributed by atoms with Crippen LogP contribution in [0.1, 0.15) is 105 Å². The predicted molar refractivity (Wildman–Crippen MR) is 177 cm³/mol. The first-order valence-electron chi connectivity index (χ1n) is 16.6. The number of methoxy groups -OCH3 is 1. The molecule has 2 aromatic carbocycles. The van der Waals surface area contributed by atoms with Crippen LogP contribution in [-0.4, -0.2) is 24.2 Å². The predicted octanol–water partition coefficient (Wildman–Crippen LogP) is 8.87. The van der Waals surface area contributed by atoms with E-state index < -0.39 is 0 Å². The standard InChI is InChI=1S/C39H51N2O2/c1-12-38-27-16-14-15-26-17-19-40-30-22-28-29(36(7,8)37(9,10)35(28,5)6)23-31(30)41(34(40)33(26)27)39(38,13-2)32(38)18-20-43-25(4)21-24(3)42-11/h14-17,19,21-23,25,32H,12-13,18,20H2,1-11H3/q+1. The van der Waals surface area contributed by atoms with Gasteiger partial charge in [-0.1, -0.05) is 73.6 Å². The van der Waals surface area contributed by atoms with Crippen LogP contribution in [0.5, 0.6) is 0 Å². The summed E-state index contributed by atoms with van der Waals surface area (Å²) in [6, 6.07) is 14.6. The van der Waals surface area contributed by atoms with Crippen LogP contribution in [0.4, 0.5) is 0 Å². The summed E-state index contributed by atoms with van der Waals surface area (Å²) in [5.41, 5.74) is 9.07. The van der Waals surface area contributed by atoms with Gasteiger partial charge >= 0.3 is 0 Å². The fourth-order valence-electron chi connectivity index (χ4n) is 10.3. The first-order valence-corrected chi connectivity index (χ1v) is 16.6. The smallest absolute Gasteiger partial charge is 0.295 e. The maximum absolute atomic E-state index is 6.41. The molecule has 2 aromatic heterocycles. The number of imidazole rings is 1. The molecule has 1 fully saturated rings. The topological polar surface area (TPSA) is 26.8 Å². The summed E-state index contributed by atoms with van der Waals surface area (Å²) in [5, 5.41) is 2.80. The summed E-state index contributed by atoms with van der Waals surface area (Å²) in [6.45, 7) is 24.5. The van der Waals surface area contributed by atoms with Crippen molar-refractivity contribution in [1.82, 2.24) is 4.40 Å². The molecule has 0 radical (unpaired) electrons. The minimum Gasteiger partial charge on any atom is -0.502 e. The van der Waals surface area contributed by atoms with Gasteiger partial charge in [-0.3, -0.25) is 0 Å². The van der Waals surface area contributed by atoms with E-state index in [2.05, 4.69) is 120 Å². The van der Waals surface area contributed by atoms with Gasteiger partial charge in [-0.25, -0.2) is 4.57 Å². The highest BCUT2D eigenvalue weighted by Crippen LogP contribution is 2.73. The van der Waals surface area contributed by atoms with Crippen LogP contribution >= 0.6 is 0 Å². The van der Waals surface area contributed by atoms with Crippen molar-refractivity contribution >= 4 is 27.5 Å². The quantitative estimate of drug-likeness (QED) is 0.154. The van der Waals surface area contributed by atoms with E-state index in [1.165, 1.54) is 38.6 Å². The lowest BCUT2D eigenvalue weighted by atomic mass is 9.59. The van der Waals surface area contributed by atoms with E-state index in [9.17, 15) is 0 Å². The number of fused-ring (bicyclic) bond motifs is 7. The summed E-state index contributed by atoms with van der Waals surface area (Å²) < 4.78 is 17.1. The molecule has 1 saturated carbocycles. The number of hydrogen-bond donors (Lipinski definition) is 0. The fourth-order valence-corrected chi connectivity index (χ4v) is 10.3. The van der Waals surface area contributed by atoms with Crippen molar-refractivity contribution in [3.05, 3.63) is 71.1 Å². The van der Waals surface area contributed by atoms with Crippen molar-refractivity contribution in [3.63, 3.8) is 0 Å². The van der Waals surface area contributed by atoms with E-state index in [0.29, 0.717) is 5.92 Å². The van der Waals surface area contributed by atoms with Gasteiger partial charge in [0, 0.05) is 17.9 Å². The van der Waals surface area contributed by atoms with E-state index in [0.717, 1.165) is 31.6 Å². The van der Waals surface area contributed by atoms with Crippen LogP contribution < -0.4 is 4.57 Å². The van der Waals surface area contributed by atoms with Crippen molar-refractivity contribution in [3.8, 4) is 0 Å². The minimum atomic E-state index is 0.0181. The highest BCUT2D eigenvalue weighted by atomic mass is 16.5. The molecule has 0 bridgehead atoms. The molecule has 4 unspecified atom stereocenters. The number of allylic oxidation sites excluding steroid dienone is 1. The van der Waals surface area contributed by atoms with Crippen LogP contribution in [0.25, 0.3) is 27.5 Å². The lowest BCUT2D eigenvalue weighted by Crippen LogP contribution is -2.53. The fraction of sp³-hybridized carbons (Fsp3) is 0.564. The van der Waals surface area contributed by atoms with Gasteiger partial charge in [0.05, 0.1) is 30.6 Å². The lowest BCUT2D eigenvalue weighted by molar-refractivity contribution is -0.700. The van der Waals surface area contributed by atoms with Crippen LogP contribution in [0.2, 0.25) is 0 Å². The van der Waals surface area contributed by atoms with Crippen molar-refractivity contribution < 1.29 is 14.0 Å². The molecule has 4 atom stereocenters. The van der Waals surface area contributed by atoms with Gasteiger partial charge in [0.1, 0.15) is 5.54 Å². The second-order valence-corrected chi connectivity index (χ2v) is 15.4. The van der Waals surface area contributed by atoms with Gasteiger partial charge in [-0.15, -0.1) is 0 Å². The lowest BCUT2D eigenvalue weighted by Gasteiger charge is -2.44. The highest BCUT2D eigenvalue weighted by Gasteiger charge is 2.81. The second-order valence-electron chi connectivity index (χ2n) is 15.4. The molecule has 4 aromatic rings. The number of rotatable bonds is 8. The summed E-state index contributed by atoms with van der Waals surface area (Å²) in [5.74, 6) is 1.41.